The molecular weight excluding hydrogens is 671 g/mol. The molecule has 1 spiro atoms. The van der Waals surface area contributed by atoms with Crippen LogP contribution in [0.4, 0.5) is 17.1 Å². The zero-order valence-corrected chi connectivity index (χ0v) is 30.7. The SMILES string of the molecule is CC1(C)c2ccccc2-c2ccc(N(c3cccc(-c4ccccc4)c3)c3cccc4c3Oc3ccccc3C43c4ccccc4Oc4ccccc43)cc21. The first-order valence-electron chi connectivity index (χ1n) is 19.0. The minimum atomic E-state index is -0.690. The molecule has 3 heteroatoms. The second kappa shape index (κ2) is 11.8. The van der Waals surface area contributed by atoms with Crippen molar-refractivity contribution in [3.05, 3.63) is 221 Å². The molecule has 0 fully saturated rings. The van der Waals surface area contributed by atoms with Crippen LogP contribution in [0.5, 0.6) is 23.0 Å². The lowest BCUT2D eigenvalue weighted by Gasteiger charge is -2.45. The molecule has 3 aliphatic rings. The number of benzene rings is 8. The molecule has 262 valence electrons. The summed E-state index contributed by atoms with van der Waals surface area (Å²) in [4.78, 5) is 2.39. The second-order valence-electron chi connectivity index (χ2n) is 15.2. The third-order valence-electron chi connectivity index (χ3n) is 12.0. The fourth-order valence-corrected chi connectivity index (χ4v) is 9.51. The molecule has 55 heavy (non-hydrogen) atoms. The molecule has 0 saturated carbocycles. The lowest BCUT2D eigenvalue weighted by atomic mass is 9.62. The number of para-hydroxylation sites is 4. The molecule has 0 radical (unpaired) electrons. The van der Waals surface area contributed by atoms with Crippen LogP contribution in [-0.4, -0.2) is 0 Å². The minimum absolute atomic E-state index is 0.162. The van der Waals surface area contributed by atoms with E-state index in [2.05, 4.69) is 207 Å². The van der Waals surface area contributed by atoms with Crippen LogP contribution in [0.15, 0.2) is 188 Å². The zero-order valence-electron chi connectivity index (χ0n) is 30.7. The minimum Gasteiger partial charge on any atom is -0.457 e. The number of rotatable bonds is 4. The molecule has 0 aromatic heterocycles. The Labute approximate surface area is 321 Å². The van der Waals surface area contributed by atoms with Crippen LogP contribution >= 0.6 is 0 Å². The Bertz CT molecular complexity index is 2750. The van der Waals surface area contributed by atoms with Crippen molar-refractivity contribution in [3.63, 3.8) is 0 Å². The normalized spacial score (nSPS) is 14.6. The smallest absolute Gasteiger partial charge is 0.156 e. The van der Waals surface area contributed by atoms with Gasteiger partial charge in [0.25, 0.3) is 0 Å². The Morgan fingerprint density at radius 3 is 1.62 bits per heavy atom. The highest BCUT2D eigenvalue weighted by molar-refractivity contribution is 5.90. The quantitative estimate of drug-likeness (QED) is 0.182. The third-order valence-corrected chi connectivity index (χ3v) is 12.0. The van der Waals surface area contributed by atoms with E-state index in [9.17, 15) is 0 Å². The summed E-state index contributed by atoms with van der Waals surface area (Å²) in [6.07, 6.45) is 0. The van der Waals surface area contributed by atoms with Gasteiger partial charge in [0.2, 0.25) is 0 Å². The van der Waals surface area contributed by atoms with Crippen LogP contribution in [0.1, 0.15) is 47.2 Å². The van der Waals surface area contributed by atoms with Crippen LogP contribution in [0, 0.1) is 0 Å². The van der Waals surface area contributed by atoms with E-state index in [4.69, 9.17) is 9.47 Å². The van der Waals surface area contributed by atoms with Gasteiger partial charge in [0, 0.05) is 39.0 Å². The van der Waals surface area contributed by atoms with E-state index >= 15 is 0 Å². The van der Waals surface area contributed by atoms with Crippen molar-refractivity contribution in [2.24, 2.45) is 0 Å². The number of hydrogen-bond acceptors (Lipinski definition) is 3. The Morgan fingerprint density at radius 1 is 0.382 bits per heavy atom. The van der Waals surface area contributed by atoms with Crippen molar-refractivity contribution < 1.29 is 9.47 Å². The van der Waals surface area contributed by atoms with Gasteiger partial charge in [-0.05, 0) is 81.9 Å². The molecule has 1 aliphatic carbocycles. The van der Waals surface area contributed by atoms with Gasteiger partial charge in [-0.3, -0.25) is 0 Å². The molecule has 0 amide bonds. The standard InChI is InChI=1S/C52H37NO2/c1-51(2)40-21-7-6-20-38(40)39-31-30-37(33-45(39)51)53(36-19-14-18-35(32-36)34-16-4-3-5-17-34)46-26-15-25-44-50(46)55-49-29-13-10-24-43(49)52(44)41-22-8-11-27-47(41)54-48-28-12-9-23-42(48)52/h3-33H,1-2H3. The van der Waals surface area contributed by atoms with E-state index in [-0.39, 0.29) is 5.41 Å². The summed E-state index contributed by atoms with van der Waals surface area (Å²) >= 11 is 0. The number of nitrogens with zero attached hydrogens (tertiary/aromatic N) is 1. The first-order chi connectivity index (χ1) is 27.0. The van der Waals surface area contributed by atoms with Gasteiger partial charge in [0.05, 0.1) is 11.1 Å². The molecule has 0 saturated heterocycles. The predicted molar refractivity (Wildman–Crippen MR) is 223 cm³/mol. The molecule has 0 unspecified atom stereocenters. The summed E-state index contributed by atoms with van der Waals surface area (Å²) in [7, 11) is 0. The molecule has 0 N–H and O–H groups in total. The molecule has 8 aromatic carbocycles. The van der Waals surface area contributed by atoms with Gasteiger partial charge in [-0.15, -0.1) is 0 Å². The molecule has 0 bridgehead atoms. The summed E-state index contributed by atoms with van der Waals surface area (Å²) < 4.78 is 13.9. The molecule has 8 aromatic rings. The maximum atomic E-state index is 7.21. The topological polar surface area (TPSA) is 21.7 Å². The first kappa shape index (κ1) is 31.7. The summed E-state index contributed by atoms with van der Waals surface area (Å²) in [5, 5.41) is 0. The highest BCUT2D eigenvalue weighted by Crippen LogP contribution is 2.63. The zero-order chi connectivity index (χ0) is 36.7. The maximum Gasteiger partial charge on any atom is 0.156 e. The highest BCUT2D eigenvalue weighted by Gasteiger charge is 2.51. The molecule has 11 rings (SSSR count). The number of fused-ring (bicyclic) bond motifs is 11. The summed E-state index contributed by atoms with van der Waals surface area (Å²) in [5.41, 5.74) is 14.2. The van der Waals surface area contributed by atoms with E-state index in [0.717, 1.165) is 67.9 Å². The number of hydrogen-bond donors (Lipinski definition) is 0. The molecule has 2 aliphatic heterocycles. The maximum absolute atomic E-state index is 7.21. The van der Waals surface area contributed by atoms with E-state index in [0.29, 0.717) is 0 Å². The molecule has 2 heterocycles. The summed E-state index contributed by atoms with van der Waals surface area (Å²) in [5.74, 6) is 3.35. The second-order valence-corrected chi connectivity index (χ2v) is 15.2. The first-order valence-corrected chi connectivity index (χ1v) is 19.0. The molecule has 0 atom stereocenters. The van der Waals surface area contributed by atoms with Gasteiger partial charge in [0.1, 0.15) is 17.2 Å². The van der Waals surface area contributed by atoms with Crippen molar-refractivity contribution in [1.29, 1.82) is 0 Å². The van der Waals surface area contributed by atoms with Crippen LogP contribution in [0.2, 0.25) is 0 Å². The summed E-state index contributed by atoms with van der Waals surface area (Å²) in [6, 6.07) is 67.4. The van der Waals surface area contributed by atoms with Crippen molar-refractivity contribution in [2.45, 2.75) is 24.7 Å². The lowest BCUT2D eigenvalue weighted by molar-refractivity contribution is 0.400. The van der Waals surface area contributed by atoms with Gasteiger partial charge in [-0.2, -0.15) is 0 Å². The number of anilines is 3. The Kier molecular flexibility index (Phi) is 6.81. The predicted octanol–water partition coefficient (Wildman–Crippen LogP) is 13.7. The van der Waals surface area contributed by atoms with Crippen molar-refractivity contribution >= 4 is 17.1 Å². The van der Waals surface area contributed by atoms with Crippen molar-refractivity contribution in [3.8, 4) is 45.3 Å². The van der Waals surface area contributed by atoms with Gasteiger partial charge in [0.15, 0.2) is 5.75 Å². The fourth-order valence-electron chi connectivity index (χ4n) is 9.51. The van der Waals surface area contributed by atoms with E-state index in [1.807, 2.05) is 0 Å². The Hall–Kier alpha value is -6.84. The highest BCUT2D eigenvalue weighted by atomic mass is 16.5. The van der Waals surface area contributed by atoms with Gasteiger partial charge in [-0.1, -0.05) is 153 Å². The van der Waals surface area contributed by atoms with Gasteiger partial charge < -0.3 is 14.4 Å². The average Bonchev–Trinajstić information content (AvgIpc) is 3.47. The van der Waals surface area contributed by atoms with Gasteiger partial charge >= 0.3 is 0 Å². The monoisotopic (exact) mass is 707 g/mol. The third kappa shape index (κ3) is 4.50. The van der Waals surface area contributed by atoms with Crippen molar-refractivity contribution in [1.82, 2.24) is 0 Å². The van der Waals surface area contributed by atoms with E-state index < -0.39 is 5.41 Å². The van der Waals surface area contributed by atoms with Crippen molar-refractivity contribution in [2.75, 3.05) is 4.90 Å². The molecule has 3 nitrogen and oxygen atoms in total. The fraction of sp³-hybridized carbons (Fsp3) is 0.0769. The average molecular weight is 708 g/mol. The molecular formula is C52H37NO2. The van der Waals surface area contributed by atoms with E-state index in [1.54, 1.807) is 0 Å². The van der Waals surface area contributed by atoms with E-state index in [1.165, 1.54) is 27.8 Å². The Balaban J connectivity index is 1.20. The van der Waals surface area contributed by atoms with Crippen LogP contribution < -0.4 is 14.4 Å². The van der Waals surface area contributed by atoms with Crippen LogP contribution in [0.3, 0.4) is 0 Å². The number of ether oxygens (including phenoxy) is 2. The van der Waals surface area contributed by atoms with Gasteiger partial charge in [-0.25, -0.2) is 0 Å². The summed E-state index contributed by atoms with van der Waals surface area (Å²) in [6.45, 7) is 4.69. The van der Waals surface area contributed by atoms with Crippen LogP contribution in [-0.2, 0) is 10.8 Å². The largest absolute Gasteiger partial charge is 0.457 e. The lowest BCUT2D eigenvalue weighted by Crippen LogP contribution is -2.37. The van der Waals surface area contributed by atoms with Crippen LogP contribution in [0.25, 0.3) is 22.3 Å². The Morgan fingerprint density at radius 2 is 0.909 bits per heavy atom.